The number of rotatable bonds is 9. The van der Waals surface area contributed by atoms with Crippen LogP contribution in [0, 0.1) is 0 Å². The van der Waals surface area contributed by atoms with Crippen molar-refractivity contribution in [2.45, 2.75) is 25.0 Å². The average Bonchev–Trinajstić information content (AvgIpc) is 3.17. The van der Waals surface area contributed by atoms with Crippen LogP contribution in [0.4, 0.5) is 0 Å². The van der Waals surface area contributed by atoms with E-state index < -0.39 is 5.91 Å². The van der Waals surface area contributed by atoms with Gasteiger partial charge in [0.1, 0.15) is 11.6 Å². The molecule has 1 aromatic heterocycles. The molecule has 10 heteroatoms. The van der Waals surface area contributed by atoms with Crippen LogP contribution in [0.15, 0.2) is 59.8 Å². The number of halogens is 1. The van der Waals surface area contributed by atoms with Gasteiger partial charge in [-0.2, -0.15) is 0 Å². The molecule has 0 radical (unpaired) electrons. The van der Waals surface area contributed by atoms with Crippen LogP contribution in [0.3, 0.4) is 0 Å². The molecule has 1 heterocycles. The number of nitrogens with one attached hydrogen (secondary N) is 2. The van der Waals surface area contributed by atoms with Crippen LogP contribution < -0.4 is 15.6 Å². The van der Waals surface area contributed by atoms with Gasteiger partial charge in [0.2, 0.25) is 5.91 Å². The van der Waals surface area contributed by atoms with Crippen molar-refractivity contribution in [2.24, 2.45) is 0 Å². The summed E-state index contributed by atoms with van der Waals surface area (Å²) in [5, 5.41) is 9.69. The lowest BCUT2D eigenvalue weighted by atomic mass is 10.1. The third-order valence-corrected chi connectivity index (χ3v) is 5.39. The maximum absolute atomic E-state index is 12.1. The highest BCUT2D eigenvalue weighted by atomic mass is 35.5. The summed E-state index contributed by atoms with van der Waals surface area (Å²) in [7, 11) is 0. The normalized spacial score (nSPS) is 10.5. The van der Waals surface area contributed by atoms with E-state index in [1.165, 1.54) is 11.8 Å². The van der Waals surface area contributed by atoms with Crippen LogP contribution in [0.2, 0.25) is 5.02 Å². The number of hydrazine groups is 1. The molecular formula is C21H22ClN5O3S. The maximum Gasteiger partial charge on any atom is 0.276 e. The van der Waals surface area contributed by atoms with E-state index in [-0.39, 0.29) is 18.3 Å². The first-order chi connectivity index (χ1) is 15.0. The van der Waals surface area contributed by atoms with E-state index in [0.29, 0.717) is 28.9 Å². The van der Waals surface area contributed by atoms with Gasteiger partial charge in [0.15, 0.2) is 11.8 Å². The standard InChI is InChI=1S/C21H22ClN5O3S/c1-2-27-18(12-15-6-4-3-5-7-15)23-26-21(27)31-14-20(29)25-24-19(28)13-30-17-10-8-16(22)9-11-17/h3-11H,2,12-14H2,1H3,(H,24,28)(H,25,29). The second kappa shape index (κ2) is 11.4. The molecule has 3 rings (SSSR count). The monoisotopic (exact) mass is 459 g/mol. The highest BCUT2D eigenvalue weighted by molar-refractivity contribution is 7.99. The van der Waals surface area contributed by atoms with Gasteiger partial charge in [-0.15, -0.1) is 10.2 Å². The molecule has 2 aromatic carbocycles. The summed E-state index contributed by atoms with van der Waals surface area (Å²) in [6, 6.07) is 16.6. The number of amides is 2. The van der Waals surface area contributed by atoms with Crippen LogP contribution >= 0.6 is 23.4 Å². The number of hydrogen-bond donors (Lipinski definition) is 2. The topological polar surface area (TPSA) is 98.1 Å². The predicted octanol–water partition coefficient (Wildman–Crippen LogP) is 2.86. The van der Waals surface area contributed by atoms with Gasteiger partial charge in [-0.1, -0.05) is 53.7 Å². The Morgan fingerprint density at radius 3 is 2.45 bits per heavy atom. The van der Waals surface area contributed by atoms with Gasteiger partial charge in [-0.3, -0.25) is 20.4 Å². The van der Waals surface area contributed by atoms with Crippen molar-refractivity contribution in [3.05, 3.63) is 71.0 Å². The van der Waals surface area contributed by atoms with Crippen molar-refractivity contribution in [2.75, 3.05) is 12.4 Å². The van der Waals surface area contributed by atoms with Crippen molar-refractivity contribution in [3.8, 4) is 5.75 Å². The Balaban J connectivity index is 1.43. The van der Waals surface area contributed by atoms with Crippen LogP contribution in [-0.2, 0) is 22.6 Å². The molecular weight excluding hydrogens is 438 g/mol. The zero-order valence-corrected chi connectivity index (χ0v) is 18.4. The maximum atomic E-state index is 12.1. The van der Waals surface area contributed by atoms with E-state index in [1.54, 1.807) is 24.3 Å². The summed E-state index contributed by atoms with van der Waals surface area (Å²) in [6.45, 7) is 2.46. The van der Waals surface area contributed by atoms with Gasteiger partial charge < -0.3 is 9.30 Å². The lowest BCUT2D eigenvalue weighted by molar-refractivity contribution is -0.128. The molecule has 0 unspecified atom stereocenters. The SMILES string of the molecule is CCn1c(Cc2ccccc2)nnc1SCC(=O)NNC(=O)COc1ccc(Cl)cc1. The summed E-state index contributed by atoms with van der Waals surface area (Å²) >= 11 is 7.05. The summed E-state index contributed by atoms with van der Waals surface area (Å²) in [5.41, 5.74) is 5.83. The zero-order valence-electron chi connectivity index (χ0n) is 16.9. The number of aromatic nitrogens is 3. The van der Waals surface area contributed by atoms with Crippen molar-refractivity contribution in [1.82, 2.24) is 25.6 Å². The molecule has 0 fully saturated rings. The van der Waals surface area contributed by atoms with Crippen molar-refractivity contribution in [1.29, 1.82) is 0 Å². The number of nitrogens with zero attached hydrogens (tertiary/aromatic N) is 3. The predicted molar refractivity (Wildman–Crippen MR) is 119 cm³/mol. The second-order valence-corrected chi connectivity index (χ2v) is 7.81. The molecule has 162 valence electrons. The van der Waals surface area contributed by atoms with E-state index in [4.69, 9.17) is 16.3 Å². The summed E-state index contributed by atoms with van der Waals surface area (Å²) in [6.07, 6.45) is 0.665. The first kappa shape index (κ1) is 22.6. The molecule has 2 amide bonds. The molecule has 0 saturated heterocycles. The summed E-state index contributed by atoms with van der Waals surface area (Å²) in [4.78, 5) is 23.9. The molecule has 3 aromatic rings. The number of hydrogen-bond acceptors (Lipinski definition) is 6. The molecule has 0 aliphatic carbocycles. The summed E-state index contributed by atoms with van der Waals surface area (Å²) < 4.78 is 7.29. The molecule has 0 spiro atoms. The first-order valence-corrected chi connectivity index (χ1v) is 11.0. The number of ether oxygens (including phenoxy) is 1. The Morgan fingerprint density at radius 2 is 1.74 bits per heavy atom. The lowest BCUT2D eigenvalue weighted by Gasteiger charge is -2.09. The summed E-state index contributed by atoms with van der Waals surface area (Å²) in [5.74, 6) is 0.591. The minimum absolute atomic E-state index is 0.0851. The fourth-order valence-electron chi connectivity index (χ4n) is 2.67. The van der Waals surface area contributed by atoms with Crippen LogP contribution in [0.25, 0.3) is 0 Å². The lowest BCUT2D eigenvalue weighted by Crippen LogP contribution is -2.44. The smallest absolute Gasteiger partial charge is 0.276 e. The van der Waals surface area contributed by atoms with Crippen LogP contribution in [0.5, 0.6) is 5.75 Å². The Kier molecular flexibility index (Phi) is 8.31. The van der Waals surface area contributed by atoms with Crippen LogP contribution in [0.1, 0.15) is 18.3 Å². The highest BCUT2D eigenvalue weighted by Gasteiger charge is 2.14. The van der Waals surface area contributed by atoms with Gasteiger partial charge in [-0.05, 0) is 36.8 Å². The fraction of sp³-hybridized carbons (Fsp3) is 0.238. The Morgan fingerprint density at radius 1 is 1.03 bits per heavy atom. The molecule has 2 N–H and O–H groups in total. The molecule has 0 aliphatic rings. The van der Waals surface area contributed by atoms with Crippen molar-refractivity contribution in [3.63, 3.8) is 0 Å². The number of thioether (sulfide) groups is 1. The van der Waals surface area contributed by atoms with Gasteiger partial charge >= 0.3 is 0 Å². The van der Waals surface area contributed by atoms with E-state index >= 15 is 0 Å². The van der Waals surface area contributed by atoms with Crippen molar-refractivity contribution < 1.29 is 14.3 Å². The molecule has 31 heavy (non-hydrogen) atoms. The largest absolute Gasteiger partial charge is 0.484 e. The number of carbonyl (C=O) groups is 2. The van der Waals surface area contributed by atoms with E-state index in [9.17, 15) is 9.59 Å². The quantitative estimate of drug-likeness (QED) is 0.377. The minimum Gasteiger partial charge on any atom is -0.484 e. The van der Waals surface area contributed by atoms with Gasteiger partial charge in [-0.25, -0.2) is 0 Å². The average molecular weight is 460 g/mol. The molecule has 0 aliphatic heterocycles. The highest BCUT2D eigenvalue weighted by Crippen LogP contribution is 2.18. The molecule has 0 bridgehead atoms. The molecule has 8 nitrogen and oxygen atoms in total. The molecule has 0 atom stereocenters. The van der Waals surface area contributed by atoms with E-state index in [0.717, 1.165) is 11.4 Å². The third-order valence-electron chi connectivity index (χ3n) is 4.17. The Hall–Kier alpha value is -3.04. The van der Waals surface area contributed by atoms with Crippen LogP contribution in [-0.4, -0.2) is 38.9 Å². The van der Waals surface area contributed by atoms with E-state index in [2.05, 4.69) is 21.0 Å². The van der Waals surface area contributed by atoms with Gasteiger partial charge in [0, 0.05) is 18.0 Å². The zero-order chi connectivity index (χ0) is 22.1. The van der Waals surface area contributed by atoms with E-state index in [1.807, 2.05) is 41.8 Å². The number of carbonyl (C=O) groups excluding carboxylic acids is 2. The molecule has 0 saturated carbocycles. The van der Waals surface area contributed by atoms with Gasteiger partial charge in [0.05, 0.1) is 5.75 Å². The Bertz CT molecular complexity index is 1010. The fourth-order valence-corrected chi connectivity index (χ4v) is 3.62. The first-order valence-electron chi connectivity index (χ1n) is 9.60. The van der Waals surface area contributed by atoms with Crippen molar-refractivity contribution >= 4 is 35.2 Å². The minimum atomic E-state index is -0.477. The van der Waals surface area contributed by atoms with Gasteiger partial charge in [0.25, 0.3) is 5.91 Å². The third kappa shape index (κ3) is 7.01. The Labute approximate surface area is 189 Å². The second-order valence-electron chi connectivity index (χ2n) is 6.43. The number of benzene rings is 2.